The molecule has 0 amide bonds. The third-order valence-corrected chi connectivity index (χ3v) is 16.4. The van der Waals surface area contributed by atoms with Gasteiger partial charge in [0.1, 0.15) is 37.1 Å². The third-order valence-electron chi connectivity index (χ3n) is 16.4. The molecule has 5 saturated carbocycles. The first-order valence-corrected chi connectivity index (χ1v) is 19.0. The lowest BCUT2D eigenvalue weighted by Crippen LogP contribution is -2.67. The number of carboxylic acids is 1. The molecule has 1 heterocycles. The number of nitrogens with zero attached hydrogens (tertiary/aromatic N) is 1. The lowest BCUT2D eigenvalue weighted by molar-refractivity contribution is -0.327. The van der Waals surface area contributed by atoms with Gasteiger partial charge >= 0.3 is 11.9 Å². The first kappa shape index (κ1) is 38.1. The number of carbonyl (C=O) groups is 2. The summed E-state index contributed by atoms with van der Waals surface area (Å²) in [6.07, 6.45) is 1.79. The summed E-state index contributed by atoms with van der Waals surface area (Å²) in [6.45, 7) is 17.5. The van der Waals surface area contributed by atoms with Crippen LogP contribution in [0.15, 0.2) is 12.2 Å². The molecule has 5 N–H and O–H groups in total. The zero-order chi connectivity index (χ0) is 36.8. The number of carboxylic acid groups (broad SMARTS) is 1. The summed E-state index contributed by atoms with van der Waals surface area (Å²) >= 11 is 0. The van der Waals surface area contributed by atoms with Crippen LogP contribution in [0.2, 0.25) is 0 Å². The predicted molar refractivity (Wildman–Crippen MR) is 184 cm³/mol. The smallest absolute Gasteiger partial charge is 0.323 e. The highest BCUT2D eigenvalue weighted by molar-refractivity contribution is 5.76. The first-order valence-electron chi connectivity index (χ1n) is 19.0. The number of aliphatic hydroxyl groups excluding tert-OH is 4. The molecule has 5 aliphatic carbocycles. The molecule has 15 atom stereocenters. The summed E-state index contributed by atoms with van der Waals surface area (Å²) < 4.78 is 11.8. The van der Waals surface area contributed by atoms with Gasteiger partial charge in [-0.05, 0) is 117 Å². The topological polar surface area (TPSA) is 166 Å². The zero-order valence-corrected chi connectivity index (χ0v) is 31.3. The van der Waals surface area contributed by atoms with Crippen molar-refractivity contribution < 1.29 is 49.4 Å². The van der Waals surface area contributed by atoms with Crippen molar-refractivity contribution in [3.05, 3.63) is 12.2 Å². The Bertz CT molecular complexity index is 1340. The van der Waals surface area contributed by atoms with Crippen molar-refractivity contribution in [3.63, 3.8) is 0 Å². The Morgan fingerprint density at radius 2 is 1.56 bits per heavy atom. The van der Waals surface area contributed by atoms with E-state index in [4.69, 9.17) is 14.3 Å². The Balaban J connectivity index is 1.19. The maximum Gasteiger partial charge on any atom is 0.323 e. The van der Waals surface area contributed by atoms with Crippen LogP contribution in [-0.2, 0) is 23.9 Å². The Morgan fingerprint density at radius 3 is 2.18 bits per heavy atom. The van der Waals surface area contributed by atoms with Gasteiger partial charge in [0.2, 0.25) is 0 Å². The maximum absolute atomic E-state index is 13.5. The Hall–Kier alpha value is -1.60. The highest BCUT2D eigenvalue weighted by atomic mass is 16.7. The number of fused-ring (bicyclic) bond motifs is 7. The largest absolute Gasteiger partial charge is 0.481 e. The molecule has 6 fully saturated rings. The number of carbonyl (C=O) groups excluding carboxylic acids is 1. The van der Waals surface area contributed by atoms with Crippen LogP contribution < -0.4 is 0 Å². The van der Waals surface area contributed by atoms with Crippen LogP contribution in [0.25, 0.3) is 0 Å². The number of esters is 1. The average Bonchev–Trinajstić information content (AvgIpc) is 3.46. The third kappa shape index (κ3) is 5.37. The average molecular weight is 706 g/mol. The molecule has 0 aromatic carbocycles. The Morgan fingerprint density at radius 1 is 0.860 bits per heavy atom. The number of hydroxylamine groups is 2. The van der Waals surface area contributed by atoms with E-state index in [1.165, 1.54) is 7.11 Å². The van der Waals surface area contributed by atoms with Gasteiger partial charge in [-0.2, -0.15) is 0 Å². The SMILES string of the molecule is C=C(C)[C@@H]1CC[C@]2(C(=O)O)CC[C@]3(C)[C@H](CC[C@@H]4[C@@]5(C)CC[C@H](OC(=O)CN(OC)C6O[C@@H](CO)[C@H](O)[C@@H](O)[C@H]6O)C(C)(C)[C@@H]5CC[C@]43C)[C@@H]12. The van der Waals surface area contributed by atoms with E-state index < -0.39 is 54.6 Å². The molecule has 0 aromatic rings. The summed E-state index contributed by atoms with van der Waals surface area (Å²) in [5.74, 6) is 0.404. The number of hydrogen-bond donors (Lipinski definition) is 5. The molecule has 0 bridgehead atoms. The zero-order valence-electron chi connectivity index (χ0n) is 31.3. The fourth-order valence-electron chi connectivity index (χ4n) is 13.6. The number of hydrogen-bond acceptors (Lipinski definition) is 10. The molecule has 11 heteroatoms. The molecule has 0 spiro atoms. The minimum atomic E-state index is -1.59. The van der Waals surface area contributed by atoms with E-state index in [1.54, 1.807) is 0 Å². The van der Waals surface area contributed by atoms with Crippen molar-refractivity contribution >= 4 is 11.9 Å². The molecule has 50 heavy (non-hydrogen) atoms. The monoisotopic (exact) mass is 705 g/mol. The minimum Gasteiger partial charge on any atom is -0.481 e. The molecular formula is C39H63NO10. The Labute approximate surface area is 297 Å². The number of aliphatic hydroxyl groups is 4. The first-order chi connectivity index (χ1) is 23.3. The number of allylic oxidation sites excluding steroid dienone is 1. The molecule has 6 aliphatic rings. The molecule has 1 saturated heterocycles. The van der Waals surface area contributed by atoms with Gasteiger partial charge in [-0.25, -0.2) is 0 Å². The normalized spacial score (nSPS) is 49.6. The van der Waals surface area contributed by atoms with Crippen LogP contribution >= 0.6 is 0 Å². The van der Waals surface area contributed by atoms with E-state index in [1.807, 2.05) is 0 Å². The van der Waals surface area contributed by atoms with Crippen LogP contribution in [0.5, 0.6) is 0 Å². The lowest BCUT2D eigenvalue weighted by atomic mass is 9.32. The molecule has 0 radical (unpaired) electrons. The van der Waals surface area contributed by atoms with Crippen molar-refractivity contribution in [2.45, 2.75) is 142 Å². The highest BCUT2D eigenvalue weighted by Gasteiger charge is 2.72. The lowest BCUT2D eigenvalue weighted by Gasteiger charge is -2.72. The van der Waals surface area contributed by atoms with Crippen LogP contribution in [0.4, 0.5) is 0 Å². The van der Waals surface area contributed by atoms with E-state index in [0.29, 0.717) is 24.2 Å². The van der Waals surface area contributed by atoms with Gasteiger partial charge in [-0.15, -0.1) is 5.06 Å². The second kappa shape index (κ2) is 13.1. The molecule has 0 aromatic heterocycles. The van der Waals surface area contributed by atoms with Crippen LogP contribution in [0, 0.1) is 56.7 Å². The van der Waals surface area contributed by atoms with Gasteiger partial charge in [0.25, 0.3) is 0 Å². The molecule has 6 rings (SSSR count). The summed E-state index contributed by atoms with van der Waals surface area (Å²) in [6, 6.07) is 0. The van der Waals surface area contributed by atoms with E-state index in [0.717, 1.165) is 68.4 Å². The van der Waals surface area contributed by atoms with Crippen molar-refractivity contribution in [3.8, 4) is 0 Å². The summed E-state index contributed by atoms with van der Waals surface area (Å²) in [4.78, 5) is 31.8. The maximum atomic E-state index is 13.5. The standard InChI is InChI=1S/C39H63NO10/c1-21(2)22-11-16-39(34(46)47)18-17-37(6)23(29(22)39)9-10-26-36(5)14-13-27(35(3,4)25(36)12-15-38(26,37)7)50-28(42)19-40(48-8)33-32(45)31(44)30(43)24(20-41)49-33/h22-27,29-33,41,43-45H,1,9-20H2,2-8H3,(H,46,47)/t22-,23+,24-,25-,26+,27-,29+,30-,31+,32+,33?,36-,37+,38+,39-/m0/s1. The summed E-state index contributed by atoms with van der Waals surface area (Å²) in [7, 11) is 1.32. The fourth-order valence-corrected chi connectivity index (χ4v) is 13.6. The number of rotatable bonds is 8. The second-order valence-electron chi connectivity index (χ2n) is 18.5. The highest BCUT2D eigenvalue weighted by Crippen LogP contribution is 2.77. The molecule has 1 unspecified atom stereocenters. The summed E-state index contributed by atoms with van der Waals surface area (Å²) in [5, 5.41) is 52.4. The van der Waals surface area contributed by atoms with Crippen molar-refractivity contribution in [1.29, 1.82) is 0 Å². The van der Waals surface area contributed by atoms with Crippen LogP contribution in [0.1, 0.15) is 106 Å². The molecule has 1 aliphatic heterocycles. The summed E-state index contributed by atoms with van der Waals surface area (Å²) in [5.41, 5.74) is 0.327. The molecule has 11 nitrogen and oxygen atoms in total. The van der Waals surface area contributed by atoms with Gasteiger partial charge in [-0.3, -0.25) is 14.4 Å². The molecule has 284 valence electrons. The van der Waals surface area contributed by atoms with Gasteiger partial charge in [0, 0.05) is 5.41 Å². The second-order valence-corrected chi connectivity index (χ2v) is 18.5. The van der Waals surface area contributed by atoms with Crippen molar-refractivity contribution in [1.82, 2.24) is 5.06 Å². The van der Waals surface area contributed by atoms with E-state index in [2.05, 4.69) is 48.1 Å². The van der Waals surface area contributed by atoms with Crippen molar-refractivity contribution in [2.75, 3.05) is 20.3 Å². The van der Waals surface area contributed by atoms with Crippen LogP contribution in [0.3, 0.4) is 0 Å². The van der Waals surface area contributed by atoms with E-state index >= 15 is 0 Å². The number of ether oxygens (including phenoxy) is 2. The number of aliphatic carboxylic acids is 1. The van der Waals surface area contributed by atoms with E-state index in [-0.39, 0.29) is 46.1 Å². The van der Waals surface area contributed by atoms with Gasteiger partial charge < -0.3 is 35.0 Å². The quantitative estimate of drug-likeness (QED) is 0.139. The van der Waals surface area contributed by atoms with Gasteiger partial charge in [-0.1, -0.05) is 46.8 Å². The van der Waals surface area contributed by atoms with Crippen LogP contribution in [-0.4, -0.2) is 99.5 Å². The molecular weight excluding hydrogens is 642 g/mol. The fraction of sp³-hybridized carbons (Fsp3) is 0.897. The minimum absolute atomic E-state index is 0.0348. The Kier molecular flexibility index (Phi) is 9.96. The van der Waals surface area contributed by atoms with E-state index in [9.17, 15) is 35.1 Å². The van der Waals surface area contributed by atoms with Crippen molar-refractivity contribution in [2.24, 2.45) is 56.7 Å². The van der Waals surface area contributed by atoms with Gasteiger partial charge in [0.05, 0.1) is 19.1 Å². The predicted octanol–water partition coefficient (Wildman–Crippen LogP) is 4.30. The van der Waals surface area contributed by atoms with Gasteiger partial charge in [0.15, 0.2) is 6.23 Å².